The summed E-state index contributed by atoms with van der Waals surface area (Å²) in [6.07, 6.45) is 0.657. The van der Waals surface area contributed by atoms with E-state index in [1.54, 1.807) is 32.2 Å². The summed E-state index contributed by atoms with van der Waals surface area (Å²) in [6, 6.07) is 11.8. The Bertz CT molecular complexity index is 923. The van der Waals surface area contributed by atoms with Gasteiger partial charge in [0.15, 0.2) is 12.4 Å². The van der Waals surface area contributed by atoms with E-state index in [0.29, 0.717) is 30.0 Å². The molecule has 0 fully saturated rings. The Morgan fingerprint density at radius 3 is 2.59 bits per heavy atom. The van der Waals surface area contributed by atoms with Crippen molar-refractivity contribution in [2.75, 3.05) is 25.2 Å². The number of nitrogens with one attached hydrogen (secondary N) is 1. The Kier molecular flexibility index (Phi) is 6.16. The largest absolute Gasteiger partial charge is 0.497 e. The van der Waals surface area contributed by atoms with Gasteiger partial charge in [-0.05, 0) is 56.2 Å². The van der Waals surface area contributed by atoms with E-state index in [1.165, 1.54) is 11.8 Å². The summed E-state index contributed by atoms with van der Waals surface area (Å²) in [5.41, 5.74) is 1.96. The van der Waals surface area contributed by atoms with Gasteiger partial charge in [0.2, 0.25) is 5.91 Å². The fraction of sp³-hybridized carbons (Fsp3) is 0.318. The molecule has 1 N–H and O–H groups in total. The number of benzene rings is 2. The van der Waals surface area contributed by atoms with Crippen LogP contribution < -0.4 is 19.7 Å². The summed E-state index contributed by atoms with van der Waals surface area (Å²) in [5.74, 6) is 0.541. The molecule has 2 amide bonds. The maximum atomic E-state index is 12.7. The van der Waals surface area contributed by atoms with Crippen molar-refractivity contribution in [2.24, 2.45) is 0 Å². The van der Waals surface area contributed by atoms with Gasteiger partial charge in [-0.25, -0.2) is 0 Å². The second kappa shape index (κ2) is 8.77. The van der Waals surface area contributed by atoms with Crippen molar-refractivity contribution in [3.05, 3.63) is 53.6 Å². The first-order valence-corrected chi connectivity index (χ1v) is 9.41. The Balaban J connectivity index is 1.68. The van der Waals surface area contributed by atoms with Crippen LogP contribution in [0.4, 0.5) is 5.69 Å². The molecular weight excluding hydrogens is 372 g/mol. The van der Waals surface area contributed by atoms with Crippen molar-refractivity contribution in [3.8, 4) is 11.5 Å². The molecule has 152 valence electrons. The zero-order valence-electron chi connectivity index (χ0n) is 16.7. The number of rotatable bonds is 7. The van der Waals surface area contributed by atoms with Crippen LogP contribution in [-0.2, 0) is 16.0 Å². The molecule has 29 heavy (non-hydrogen) atoms. The number of Topliss-reactive ketones (excluding diaryl/α,β-unsaturated/α-hetero) is 1. The van der Waals surface area contributed by atoms with Crippen molar-refractivity contribution in [2.45, 2.75) is 26.3 Å². The van der Waals surface area contributed by atoms with Crippen molar-refractivity contribution in [1.29, 1.82) is 0 Å². The molecule has 1 aliphatic rings. The third kappa shape index (κ3) is 4.56. The summed E-state index contributed by atoms with van der Waals surface area (Å²) in [6.45, 7) is 3.41. The zero-order valence-corrected chi connectivity index (χ0v) is 16.7. The number of ether oxygens (including phenoxy) is 2. The Hall–Kier alpha value is -3.35. The van der Waals surface area contributed by atoms with E-state index in [4.69, 9.17) is 9.47 Å². The molecule has 7 nitrogen and oxygen atoms in total. The molecule has 1 heterocycles. The standard InChI is InChI=1S/C22H24N2O5/c1-14(22(27)23-11-10-16-4-7-18(28-3)8-5-16)24-19-12-17(15(2)25)6-9-20(19)29-13-21(24)26/h4-9,12,14H,10-11,13H2,1-3H3,(H,23,27). The lowest BCUT2D eigenvalue weighted by Gasteiger charge is -2.33. The van der Waals surface area contributed by atoms with Crippen LogP contribution in [0, 0.1) is 0 Å². The number of ketones is 1. The van der Waals surface area contributed by atoms with Crippen molar-refractivity contribution in [3.63, 3.8) is 0 Å². The normalized spacial score (nSPS) is 13.9. The summed E-state index contributed by atoms with van der Waals surface area (Å²) in [4.78, 5) is 38.2. The molecule has 1 aliphatic heterocycles. The van der Waals surface area contributed by atoms with Crippen LogP contribution in [0.1, 0.15) is 29.8 Å². The number of anilines is 1. The summed E-state index contributed by atoms with van der Waals surface area (Å²) < 4.78 is 10.6. The van der Waals surface area contributed by atoms with Crippen molar-refractivity contribution < 1.29 is 23.9 Å². The SMILES string of the molecule is COc1ccc(CCNC(=O)C(C)N2C(=O)COc3ccc(C(C)=O)cc32)cc1. The molecule has 0 bridgehead atoms. The minimum atomic E-state index is -0.733. The third-order valence-corrected chi connectivity index (χ3v) is 4.88. The van der Waals surface area contributed by atoms with Crippen LogP contribution in [0.25, 0.3) is 0 Å². The average Bonchev–Trinajstić information content (AvgIpc) is 2.73. The molecule has 1 unspecified atom stereocenters. The lowest BCUT2D eigenvalue weighted by Crippen LogP contribution is -2.51. The van der Waals surface area contributed by atoms with Crippen LogP contribution >= 0.6 is 0 Å². The first-order valence-electron chi connectivity index (χ1n) is 9.41. The first kappa shape index (κ1) is 20.4. The number of hydrogen-bond acceptors (Lipinski definition) is 5. The van der Waals surface area contributed by atoms with Gasteiger partial charge >= 0.3 is 0 Å². The molecule has 7 heteroatoms. The van der Waals surface area contributed by atoms with Gasteiger partial charge in [0.05, 0.1) is 12.8 Å². The molecular formula is C22H24N2O5. The van der Waals surface area contributed by atoms with Gasteiger partial charge < -0.3 is 14.8 Å². The molecule has 3 rings (SSSR count). The predicted molar refractivity (Wildman–Crippen MR) is 109 cm³/mol. The minimum Gasteiger partial charge on any atom is -0.497 e. The minimum absolute atomic E-state index is 0.123. The fourth-order valence-electron chi connectivity index (χ4n) is 3.20. The van der Waals surface area contributed by atoms with Crippen molar-refractivity contribution in [1.82, 2.24) is 5.32 Å². The lowest BCUT2D eigenvalue weighted by atomic mass is 10.1. The van der Waals surface area contributed by atoms with Crippen molar-refractivity contribution >= 4 is 23.3 Å². The van der Waals surface area contributed by atoms with Crippen LogP contribution in [0.5, 0.6) is 11.5 Å². The fourth-order valence-corrected chi connectivity index (χ4v) is 3.20. The highest BCUT2D eigenvalue weighted by molar-refractivity contribution is 6.05. The Labute approximate surface area is 169 Å². The van der Waals surface area contributed by atoms with E-state index in [9.17, 15) is 14.4 Å². The quantitative estimate of drug-likeness (QED) is 0.727. The zero-order chi connectivity index (χ0) is 21.0. The summed E-state index contributed by atoms with van der Waals surface area (Å²) in [7, 11) is 1.61. The average molecular weight is 396 g/mol. The second-order valence-corrected chi connectivity index (χ2v) is 6.86. The molecule has 0 spiro atoms. The lowest BCUT2D eigenvalue weighted by molar-refractivity contribution is -0.127. The molecule has 2 aromatic carbocycles. The highest BCUT2D eigenvalue weighted by Crippen LogP contribution is 2.34. The molecule has 0 aromatic heterocycles. The first-order chi connectivity index (χ1) is 13.9. The smallest absolute Gasteiger partial charge is 0.265 e. The highest BCUT2D eigenvalue weighted by Gasteiger charge is 2.33. The summed E-state index contributed by atoms with van der Waals surface area (Å²) in [5, 5.41) is 2.87. The van der Waals surface area contributed by atoms with Gasteiger partial charge in [-0.2, -0.15) is 0 Å². The van der Waals surface area contributed by atoms with E-state index >= 15 is 0 Å². The van der Waals surface area contributed by atoms with Gasteiger partial charge in [-0.3, -0.25) is 19.3 Å². The number of fused-ring (bicyclic) bond motifs is 1. The van der Waals surface area contributed by atoms with Crippen LogP contribution in [0.3, 0.4) is 0 Å². The molecule has 0 saturated carbocycles. The highest BCUT2D eigenvalue weighted by atomic mass is 16.5. The number of carbonyl (C=O) groups is 3. The van der Waals surface area contributed by atoms with Crippen LogP contribution in [0.2, 0.25) is 0 Å². The third-order valence-electron chi connectivity index (χ3n) is 4.88. The number of carbonyl (C=O) groups excluding carboxylic acids is 3. The number of methoxy groups -OCH3 is 1. The topological polar surface area (TPSA) is 84.9 Å². The Morgan fingerprint density at radius 2 is 1.93 bits per heavy atom. The van der Waals surface area contributed by atoms with Gasteiger partial charge in [0.25, 0.3) is 5.91 Å². The number of nitrogens with zero attached hydrogens (tertiary/aromatic N) is 1. The van der Waals surface area contributed by atoms with E-state index in [2.05, 4.69) is 5.32 Å². The maximum Gasteiger partial charge on any atom is 0.265 e. The van der Waals surface area contributed by atoms with Gasteiger partial charge in [0, 0.05) is 12.1 Å². The van der Waals surface area contributed by atoms with Gasteiger partial charge in [-0.15, -0.1) is 0 Å². The van der Waals surface area contributed by atoms with E-state index < -0.39 is 6.04 Å². The second-order valence-electron chi connectivity index (χ2n) is 6.86. The van der Waals surface area contributed by atoms with E-state index in [-0.39, 0.29) is 24.2 Å². The molecule has 1 atom stereocenters. The van der Waals surface area contributed by atoms with E-state index in [1.807, 2.05) is 24.3 Å². The molecule has 0 aliphatic carbocycles. The van der Waals surface area contributed by atoms with Gasteiger partial charge in [0.1, 0.15) is 17.5 Å². The Morgan fingerprint density at radius 1 is 1.21 bits per heavy atom. The maximum absolute atomic E-state index is 12.7. The monoisotopic (exact) mass is 396 g/mol. The number of hydrogen-bond donors (Lipinski definition) is 1. The molecule has 0 radical (unpaired) electrons. The summed E-state index contributed by atoms with van der Waals surface area (Å²) >= 11 is 0. The van der Waals surface area contributed by atoms with Crippen LogP contribution in [-0.4, -0.2) is 43.9 Å². The number of amides is 2. The molecule has 2 aromatic rings. The van der Waals surface area contributed by atoms with Gasteiger partial charge in [-0.1, -0.05) is 12.1 Å². The van der Waals surface area contributed by atoms with Crippen LogP contribution in [0.15, 0.2) is 42.5 Å². The predicted octanol–water partition coefficient (Wildman–Crippen LogP) is 2.37. The van der Waals surface area contributed by atoms with E-state index in [0.717, 1.165) is 11.3 Å². The molecule has 0 saturated heterocycles.